The van der Waals surface area contributed by atoms with E-state index in [1.165, 1.54) is 0 Å². The number of hydrogen-bond donors (Lipinski definition) is 2. The third-order valence-corrected chi connectivity index (χ3v) is 2.92. The summed E-state index contributed by atoms with van der Waals surface area (Å²) in [6.07, 6.45) is 4.33. The lowest BCUT2D eigenvalue weighted by molar-refractivity contribution is -0.0433. The van der Waals surface area contributed by atoms with Crippen molar-refractivity contribution in [1.82, 2.24) is 0 Å². The Bertz CT molecular complexity index is 253. The monoisotopic (exact) mass is 240 g/mol. The van der Waals surface area contributed by atoms with Crippen LogP contribution in [0.4, 0.5) is 0 Å². The van der Waals surface area contributed by atoms with Crippen molar-refractivity contribution in [2.24, 2.45) is 17.4 Å². The number of hydrogen-bond acceptors (Lipinski definition) is 3. The maximum atomic E-state index is 6.05. The molecule has 0 bridgehead atoms. The lowest BCUT2D eigenvalue weighted by Crippen LogP contribution is -2.44. The van der Waals surface area contributed by atoms with Crippen LogP contribution in [0.5, 0.6) is 0 Å². The molecule has 0 saturated heterocycles. The van der Waals surface area contributed by atoms with Crippen molar-refractivity contribution in [2.45, 2.75) is 51.3 Å². The largest absolute Gasteiger partial charge is 0.375 e. The minimum Gasteiger partial charge on any atom is -0.375 e. The first-order chi connectivity index (χ1) is 7.62. The van der Waals surface area contributed by atoms with Gasteiger partial charge in [0.15, 0.2) is 0 Å². The molecule has 0 aromatic heterocycles. The molecule has 0 aliphatic carbocycles. The molecule has 0 amide bonds. The van der Waals surface area contributed by atoms with Gasteiger partial charge in [-0.25, -0.2) is 0 Å². The molecule has 0 aromatic rings. The molecule has 2 atom stereocenters. The zero-order chi connectivity index (χ0) is 13.7. The van der Waals surface area contributed by atoms with E-state index >= 15 is 0 Å². The molecule has 0 aliphatic heterocycles. The smallest absolute Gasteiger partial charge is 0.0644 e. The number of nitrogens with two attached hydrogens (primary N) is 2. The van der Waals surface area contributed by atoms with Crippen LogP contribution in [0, 0.1) is 5.92 Å². The molecule has 0 aromatic carbocycles. The van der Waals surface area contributed by atoms with Gasteiger partial charge in [0.05, 0.1) is 12.2 Å². The van der Waals surface area contributed by atoms with Crippen LogP contribution >= 0.6 is 0 Å². The van der Waals surface area contributed by atoms with Crippen molar-refractivity contribution in [2.75, 3.05) is 6.61 Å². The van der Waals surface area contributed by atoms with Crippen LogP contribution in [0.15, 0.2) is 25.3 Å². The van der Waals surface area contributed by atoms with E-state index in [0.29, 0.717) is 6.61 Å². The van der Waals surface area contributed by atoms with Gasteiger partial charge in [0.25, 0.3) is 0 Å². The molecular weight excluding hydrogens is 212 g/mol. The molecule has 0 rings (SSSR count). The molecule has 3 heteroatoms. The highest BCUT2D eigenvalue weighted by Crippen LogP contribution is 2.21. The Morgan fingerprint density at radius 3 is 2.06 bits per heavy atom. The Morgan fingerprint density at radius 1 is 1.18 bits per heavy atom. The van der Waals surface area contributed by atoms with Crippen molar-refractivity contribution in [1.29, 1.82) is 0 Å². The number of rotatable bonds is 8. The van der Waals surface area contributed by atoms with E-state index < -0.39 is 0 Å². The lowest BCUT2D eigenvalue weighted by Gasteiger charge is -2.33. The van der Waals surface area contributed by atoms with Gasteiger partial charge in [0, 0.05) is 17.5 Å². The van der Waals surface area contributed by atoms with Gasteiger partial charge < -0.3 is 16.2 Å². The van der Waals surface area contributed by atoms with Crippen molar-refractivity contribution < 1.29 is 4.74 Å². The molecule has 4 N–H and O–H groups in total. The first kappa shape index (κ1) is 16.4. The fourth-order valence-electron chi connectivity index (χ4n) is 1.61. The van der Waals surface area contributed by atoms with E-state index in [1.807, 2.05) is 33.8 Å². The van der Waals surface area contributed by atoms with Crippen LogP contribution in [0.25, 0.3) is 0 Å². The van der Waals surface area contributed by atoms with E-state index in [2.05, 4.69) is 13.2 Å². The summed E-state index contributed by atoms with van der Waals surface area (Å²) in [6.45, 7) is 16.1. The average molecular weight is 240 g/mol. The molecule has 0 fully saturated rings. The zero-order valence-corrected chi connectivity index (χ0v) is 11.7. The van der Waals surface area contributed by atoms with Gasteiger partial charge in [0.1, 0.15) is 0 Å². The summed E-state index contributed by atoms with van der Waals surface area (Å²) in [4.78, 5) is 0. The van der Waals surface area contributed by atoms with Crippen molar-refractivity contribution >= 4 is 0 Å². The minimum atomic E-state index is -0.321. The molecule has 0 aliphatic rings. The summed E-state index contributed by atoms with van der Waals surface area (Å²) in [7, 11) is 0. The molecule has 0 spiro atoms. The van der Waals surface area contributed by atoms with Crippen LogP contribution in [0.3, 0.4) is 0 Å². The van der Waals surface area contributed by atoms with Crippen LogP contribution < -0.4 is 11.5 Å². The van der Waals surface area contributed by atoms with Crippen molar-refractivity contribution in [3.8, 4) is 0 Å². The summed E-state index contributed by atoms with van der Waals surface area (Å²) in [5.41, 5.74) is 11.3. The minimum absolute atomic E-state index is 0.0435. The summed E-state index contributed by atoms with van der Waals surface area (Å²) in [5, 5.41) is 0. The fourth-order valence-corrected chi connectivity index (χ4v) is 1.61. The fraction of sp³-hybridized carbons (Fsp3) is 0.714. The maximum Gasteiger partial charge on any atom is 0.0644 e. The molecular formula is C14H28N2O. The SMILES string of the molecule is C=CC(N)CC(C)(C)OCC(C=C)C(C)(C)N. The lowest BCUT2D eigenvalue weighted by atomic mass is 9.89. The van der Waals surface area contributed by atoms with E-state index in [4.69, 9.17) is 16.2 Å². The molecule has 2 unspecified atom stereocenters. The van der Waals surface area contributed by atoms with Crippen LogP contribution in [-0.4, -0.2) is 23.8 Å². The zero-order valence-electron chi connectivity index (χ0n) is 11.7. The van der Waals surface area contributed by atoms with E-state index in [0.717, 1.165) is 6.42 Å². The van der Waals surface area contributed by atoms with Gasteiger partial charge in [0.2, 0.25) is 0 Å². The quantitative estimate of drug-likeness (QED) is 0.640. The first-order valence-electron chi connectivity index (χ1n) is 6.06. The van der Waals surface area contributed by atoms with Gasteiger partial charge >= 0.3 is 0 Å². The van der Waals surface area contributed by atoms with E-state index in [-0.39, 0.29) is 23.1 Å². The Hall–Kier alpha value is -0.640. The molecule has 17 heavy (non-hydrogen) atoms. The van der Waals surface area contributed by atoms with E-state index in [9.17, 15) is 0 Å². The predicted molar refractivity (Wildman–Crippen MR) is 74.8 cm³/mol. The molecule has 0 saturated carbocycles. The molecule has 0 radical (unpaired) electrons. The average Bonchev–Trinajstić information content (AvgIpc) is 2.15. The van der Waals surface area contributed by atoms with Crippen LogP contribution in [0.2, 0.25) is 0 Å². The van der Waals surface area contributed by atoms with Gasteiger partial charge in [-0.3, -0.25) is 0 Å². The van der Waals surface area contributed by atoms with Crippen molar-refractivity contribution in [3.05, 3.63) is 25.3 Å². The van der Waals surface area contributed by atoms with Crippen LogP contribution in [0.1, 0.15) is 34.1 Å². The Labute approximate surface area is 106 Å². The normalized spacial score (nSPS) is 16.4. The topological polar surface area (TPSA) is 61.3 Å². The maximum absolute atomic E-state index is 6.05. The summed E-state index contributed by atoms with van der Waals surface area (Å²) >= 11 is 0. The Balaban J connectivity index is 4.33. The number of ether oxygens (including phenoxy) is 1. The highest BCUT2D eigenvalue weighted by Gasteiger charge is 2.27. The van der Waals surface area contributed by atoms with Crippen LogP contribution in [-0.2, 0) is 4.74 Å². The second-order valence-corrected chi connectivity index (χ2v) is 5.84. The van der Waals surface area contributed by atoms with E-state index in [1.54, 1.807) is 6.08 Å². The Morgan fingerprint density at radius 2 is 1.71 bits per heavy atom. The van der Waals surface area contributed by atoms with Gasteiger partial charge in [-0.1, -0.05) is 12.2 Å². The predicted octanol–water partition coefficient (Wildman–Crippen LogP) is 2.22. The summed E-state index contributed by atoms with van der Waals surface area (Å²) in [5.74, 6) is 0.127. The first-order valence-corrected chi connectivity index (χ1v) is 6.06. The Kier molecular flexibility index (Phi) is 6.10. The molecule has 100 valence electrons. The highest BCUT2D eigenvalue weighted by molar-refractivity contribution is 4.94. The molecule has 3 nitrogen and oxygen atoms in total. The van der Waals surface area contributed by atoms with Crippen molar-refractivity contribution in [3.63, 3.8) is 0 Å². The van der Waals surface area contributed by atoms with Gasteiger partial charge in [-0.05, 0) is 34.1 Å². The standard InChI is InChI=1S/C14H28N2O/c1-7-11(14(5,6)16)10-17-13(3,4)9-12(15)8-2/h7-8,11-12H,1-2,9-10,15-16H2,3-6H3. The summed E-state index contributed by atoms with van der Waals surface area (Å²) in [6, 6.07) is -0.0435. The highest BCUT2D eigenvalue weighted by atomic mass is 16.5. The summed E-state index contributed by atoms with van der Waals surface area (Å²) < 4.78 is 5.90. The molecule has 0 heterocycles. The van der Waals surface area contributed by atoms with Gasteiger partial charge in [-0.15, -0.1) is 13.2 Å². The van der Waals surface area contributed by atoms with Gasteiger partial charge in [-0.2, -0.15) is 0 Å². The third kappa shape index (κ3) is 6.61. The second-order valence-electron chi connectivity index (χ2n) is 5.84. The third-order valence-electron chi connectivity index (χ3n) is 2.92. The second kappa shape index (κ2) is 6.34.